The van der Waals surface area contributed by atoms with E-state index in [1.165, 1.54) is 19.3 Å². The molecule has 2 aromatic heterocycles. The molecule has 0 radical (unpaired) electrons. The van der Waals surface area contributed by atoms with Crippen LogP contribution >= 0.6 is 0 Å². The van der Waals surface area contributed by atoms with Crippen LogP contribution in [0, 0.1) is 5.92 Å². The summed E-state index contributed by atoms with van der Waals surface area (Å²) in [4.78, 5) is 8.68. The summed E-state index contributed by atoms with van der Waals surface area (Å²) in [6.45, 7) is 0.962. The summed E-state index contributed by atoms with van der Waals surface area (Å²) < 4.78 is 1.91. The van der Waals surface area contributed by atoms with Gasteiger partial charge in [-0.3, -0.25) is 0 Å². The van der Waals surface area contributed by atoms with Gasteiger partial charge < -0.3 is 15.1 Å². The van der Waals surface area contributed by atoms with E-state index in [0.29, 0.717) is 5.82 Å². The van der Waals surface area contributed by atoms with Crippen molar-refractivity contribution in [2.24, 2.45) is 11.8 Å². The molecule has 0 unspecified atom stereocenters. The first-order chi connectivity index (χ1) is 8.36. The molecule has 17 heavy (non-hydrogen) atoms. The number of anilines is 2. The van der Waals surface area contributed by atoms with Crippen molar-refractivity contribution in [2.45, 2.75) is 19.3 Å². The van der Waals surface area contributed by atoms with E-state index in [4.69, 9.17) is 5.84 Å². The minimum absolute atomic E-state index is 0.631. The van der Waals surface area contributed by atoms with Crippen LogP contribution in [0.5, 0.6) is 0 Å². The number of imidazole rings is 1. The number of fused-ring (bicyclic) bond motifs is 1. The molecule has 1 fully saturated rings. The van der Waals surface area contributed by atoms with Crippen LogP contribution in [0.1, 0.15) is 19.3 Å². The Morgan fingerprint density at radius 3 is 3.06 bits per heavy atom. The van der Waals surface area contributed by atoms with Crippen molar-refractivity contribution in [2.75, 3.05) is 17.3 Å². The Labute approximate surface area is 99.2 Å². The van der Waals surface area contributed by atoms with Gasteiger partial charge in [0.15, 0.2) is 17.3 Å². The van der Waals surface area contributed by atoms with Gasteiger partial charge in [-0.05, 0) is 18.8 Å². The van der Waals surface area contributed by atoms with Gasteiger partial charge >= 0.3 is 0 Å². The van der Waals surface area contributed by atoms with E-state index < -0.39 is 0 Å². The number of nitrogens with one attached hydrogen (secondary N) is 2. The van der Waals surface area contributed by atoms with Crippen molar-refractivity contribution in [3.8, 4) is 0 Å². The molecule has 0 spiro atoms. The molecule has 2 aromatic rings. The van der Waals surface area contributed by atoms with E-state index in [-0.39, 0.29) is 0 Å². The van der Waals surface area contributed by atoms with Gasteiger partial charge in [0, 0.05) is 18.9 Å². The number of nitrogen functional groups attached to an aromatic ring is 1. The zero-order valence-electron chi connectivity index (χ0n) is 9.56. The highest BCUT2D eigenvalue weighted by Gasteiger charge is 2.17. The third-order valence-corrected chi connectivity index (χ3v) is 3.30. The summed E-state index contributed by atoms with van der Waals surface area (Å²) in [5.74, 6) is 7.60. The standard InChI is InChI=1S/C11H16N6/c12-16-9-7-17-5-4-13-11(17)10(15-9)14-6-8-2-1-3-8/h4-5,7-8,16H,1-3,6,12H2,(H,14,15). The van der Waals surface area contributed by atoms with Crippen LogP contribution in [0.25, 0.3) is 5.65 Å². The van der Waals surface area contributed by atoms with Gasteiger partial charge in [0.1, 0.15) is 0 Å². The molecule has 4 N–H and O–H groups in total. The number of rotatable bonds is 4. The molecule has 0 saturated heterocycles. The first kappa shape index (κ1) is 10.3. The molecule has 0 aliphatic heterocycles. The van der Waals surface area contributed by atoms with Crippen LogP contribution in [0.4, 0.5) is 11.6 Å². The highest BCUT2D eigenvalue weighted by Crippen LogP contribution is 2.27. The number of hydrazine groups is 1. The summed E-state index contributed by atoms with van der Waals surface area (Å²) in [5, 5.41) is 3.36. The van der Waals surface area contributed by atoms with Crippen molar-refractivity contribution >= 4 is 17.3 Å². The predicted molar refractivity (Wildman–Crippen MR) is 66.6 cm³/mol. The lowest BCUT2D eigenvalue weighted by Gasteiger charge is -2.25. The van der Waals surface area contributed by atoms with E-state index in [1.54, 1.807) is 6.20 Å². The normalized spacial score (nSPS) is 15.8. The van der Waals surface area contributed by atoms with Crippen LogP contribution < -0.4 is 16.6 Å². The highest BCUT2D eigenvalue weighted by atomic mass is 15.3. The Morgan fingerprint density at radius 2 is 2.35 bits per heavy atom. The lowest BCUT2D eigenvalue weighted by Crippen LogP contribution is -2.22. The molecule has 2 heterocycles. The second-order valence-corrected chi connectivity index (χ2v) is 4.46. The van der Waals surface area contributed by atoms with Crippen LogP contribution in [0.2, 0.25) is 0 Å². The molecule has 1 saturated carbocycles. The van der Waals surface area contributed by atoms with Crippen LogP contribution in [-0.4, -0.2) is 20.9 Å². The zero-order chi connectivity index (χ0) is 11.7. The van der Waals surface area contributed by atoms with Gasteiger partial charge in [-0.15, -0.1) is 0 Å². The zero-order valence-corrected chi connectivity index (χ0v) is 9.56. The summed E-state index contributed by atoms with van der Waals surface area (Å²) in [5.41, 5.74) is 3.40. The molecule has 0 bridgehead atoms. The van der Waals surface area contributed by atoms with Gasteiger partial charge in [-0.2, -0.15) is 0 Å². The van der Waals surface area contributed by atoms with Gasteiger partial charge in [0.05, 0.1) is 6.20 Å². The smallest absolute Gasteiger partial charge is 0.180 e. The van der Waals surface area contributed by atoms with Crippen molar-refractivity contribution in [3.05, 3.63) is 18.6 Å². The van der Waals surface area contributed by atoms with Gasteiger partial charge in [0.25, 0.3) is 0 Å². The van der Waals surface area contributed by atoms with Crippen molar-refractivity contribution in [1.29, 1.82) is 0 Å². The first-order valence-corrected chi connectivity index (χ1v) is 5.91. The van der Waals surface area contributed by atoms with Crippen molar-refractivity contribution in [1.82, 2.24) is 14.4 Å². The third-order valence-electron chi connectivity index (χ3n) is 3.30. The topological polar surface area (TPSA) is 80.3 Å². The molecule has 90 valence electrons. The largest absolute Gasteiger partial charge is 0.367 e. The minimum atomic E-state index is 0.631. The van der Waals surface area contributed by atoms with Gasteiger partial charge in [0.2, 0.25) is 0 Å². The summed E-state index contributed by atoms with van der Waals surface area (Å²) in [6, 6.07) is 0. The van der Waals surface area contributed by atoms with Crippen molar-refractivity contribution < 1.29 is 0 Å². The quantitative estimate of drug-likeness (QED) is 0.545. The molecule has 0 aromatic carbocycles. The lowest BCUT2D eigenvalue weighted by molar-refractivity contribution is 0.333. The summed E-state index contributed by atoms with van der Waals surface area (Å²) in [7, 11) is 0. The number of nitrogens with two attached hydrogens (primary N) is 1. The molecule has 0 atom stereocenters. The third kappa shape index (κ3) is 1.91. The van der Waals surface area contributed by atoms with E-state index in [1.807, 2.05) is 16.8 Å². The Bertz CT molecular complexity index is 516. The highest BCUT2D eigenvalue weighted by molar-refractivity contribution is 5.65. The number of nitrogens with zero attached hydrogens (tertiary/aromatic N) is 3. The Balaban J connectivity index is 1.86. The van der Waals surface area contributed by atoms with E-state index in [9.17, 15) is 0 Å². The summed E-state index contributed by atoms with van der Waals surface area (Å²) >= 11 is 0. The average Bonchev–Trinajstić information content (AvgIpc) is 2.74. The minimum Gasteiger partial charge on any atom is -0.367 e. The van der Waals surface area contributed by atoms with Gasteiger partial charge in [-0.1, -0.05) is 6.42 Å². The van der Waals surface area contributed by atoms with Gasteiger partial charge in [-0.25, -0.2) is 15.8 Å². The van der Waals surface area contributed by atoms with Crippen LogP contribution in [0.3, 0.4) is 0 Å². The molecule has 0 amide bonds. The second kappa shape index (κ2) is 4.21. The molecule has 1 aliphatic carbocycles. The fourth-order valence-electron chi connectivity index (χ4n) is 2.06. The Morgan fingerprint density at radius 1 is 1.47 bits per heavy atom. The summed E-state index contributed by atoms with van der Waals surface area (Å²) in [6.07, 6.45) is 9.43. The Hall–Kier alpha value is -1.82. The molecular weight excluding hydrogens is 216 g/mol. The van der Waals surface area contributed by atoms with E-state index in [2.05, 4.69) is 20.7 Å². The predicted octanol–water partition coefficient (Wildman–Crippen LogP) is 1.23. The monoisotopic (exact) mass is 232 g/mol. The molecule has 6 heteroatoms. The maximum absolute atomic E-state index is 5.40. The molecule has 6 nitrogen and oxygen atoms in total. The Kier molecular flexibility index (Phi) is 2.56. The SMILES string of the molecule is NNc1cn2ccnc2c(NCC2CCC2)n1. The second-order valence-electron chi connectivity index (χ2n) is 4.46. The lowest BCUT2D eigenvalue weighted by atomic mass is 9.85. The van der Waals surface area contributed by atoms with Crippen molar-refractivity contribution in [3.63, 3.8) is 0 Å². The van der Waals surface area contributed by atoms with Crippen LogP contribution in [-0.2, 0) is 0 Å². The van der Waals surface area contributed by atoms with E-state index >= 15 is 0 Å². The number of aromatic nitrogens is 3. The number of hydrogen-bond acceptors (Lipinski definition) is 5. The number of hydrogen-bond donors (Lipinski definition) is 3. The maximum atomic E-state index is 5.40. The average molecular weight is 232 g/mol. The van der Waals surface area contributed by atoms with E-state index in [0.717, 1.165) is 23.9 Å². The fourth-order valence-corrected chi connectivity index (χ4v) is 2.06. The fraction of sp³-hybridized carbons (Fsp3) is 0.455. The first-order valence-electron chi connectivity index (χ1n) is 5.91. The van der Waals surface area contributed by atoms with Crippen LogP contribution in [0.15, 0.2) is 18.6 Å². The molecule has 3 rings (SSSR count). The molecular formula is C11H16N6. The molecule has 1 aliphatic rings. The maximum Gasteiger partial charge on any atom is 0.180 e.